The third-order valence-electron chi connectivity index (χ3n) is 5.50. The van der Waals surface area contributed by atoms with Crippen molar-refractivity contribution in [1.29, 1.82) is 0 Å². The lowest BCUT2D eigenvalue weighted by Gasteiger charge is -2.19. The Morgan fingerprint density at radius 3 is 1.96 bits per heavy atom. The summed E-state index contributed by atoms with van der Waals surface area (Å²) in [6.07, 6.45) is 0. The molecule has 0 saturated carbocycles. The molecular weight excluding hydrogens is 320 g/mol. The summed E-state index contributed by atoms with van der Waals surface area (Å²) >= 11 is 0. The Hall–Kier alpha value is -2.42. The minimum absolute atomic E-state index is 0.207. The smallest absolute Gasteiger partial charge is 0.295 e. The number of hydrogen-bond donors (Lipinski definition) is 0. The Bertz CT molecular complexity index is 1040. The van der Waals surface area contributed by atoms with Gasteiger partial charge in [0.1, 0.15) is 0 Å². The topological polar surface area (TPSA) is 34.9 Å². The molecule has 1 aromatic heterocycles. The van der Waals surface area contributed by atoms with Crippen molar-refractivity contribution in [3.8, 4) is 11.3 Å². The van der Waals surface area contributed by atoms with E-state index in [1.54, 1.807) is 4.57 Å². The zero-order chi connectivity index (χ0) is 19.8. The van der Waals surface area contributed by atoms with Gasteiger partial charge in [0.05, 0.1) is 11.2 Å². The van der Waals surface area contributed by atoms with E-state index in [1.807, 2.05) is 20.9 Å². The number of aryl methyl sites for hydroxylation is 5. The van der Waals surface area contributed by atoms with Crippen LogP contribution < -0.4 is 5.69 Å². The molecule has 26 heavy (non-hydrogen) atoms. The van der Waals surface area contributed by atoms with Gasteiger partial charge >= 0.3 is 5.69 Å². The molecule has 3 nitrogen and oxygen atoms in total. The van der Waals surface area contributed by atoms with E-state index in [2.05, 4.69) is 64.7 Å². The molecule has 0 aliphatic carbocycles. The lowest BCUT2D eigenvalue weighted by atomic mass is 9.91. The molecule has 0 N–H and O–H groups in total. The molecule has 0 aliphatic rings. The largest absolute Gasteiger partial charge is 0.348 e. The molecule has 0 amide bonds. The zero-order valence-corrected chi connectivity index (χ0v) is 17.5. The maximum absolute atomic E-state index is 12.5. The van der Waals surface area contributed by atoms with E-state index in [0.717, 1.165) is 27.7 Å². The van der Waals surface area contributed by atoms with Gasteiger partial charge in [0, 0.05) is 18.0 Å². The summed E-state index contributed by atoms with van der Waals surface area (Å²) in [5.74, 6) is 0. The second-order valence-corrected chi connectivity index (χ2v) is 6.82. The molecule has 0 bridgehead atoms. The van der Waals surface area contributed by atoms with Crippen LogP contribution in [0.4, 0.5) is 0 Å². The summed E-state index contributed by atoms with van der Waals surface area (Å²) in [6, 6.07) is 6.28. The fourth-order valence-electron chi connectivity index (χ4n) is 3.42. The van der Waals surface area contributed by atoms with Gasteiger partial charge in [-0.25, -0.2) is 4.79 Å². The highest BCUT2D eigenvalue weighted by Gasteiger charge is 2.18. The van der Waals surface area contributed by atoms with Crippen LogP contribution in [-0.4, -0.2) is 9.55 Å². The van der Waals surface area contributed by atoms with Gasteiger partial charge in [-0.3, -0.25) is 4.57 Å². The molecule has 0 unspecified atom stereocenters. The fourth-order valence-corrected chi connectivity index (χ4v) is 3.42. The second-order valence-electron chi connectivity index (χ2n) is 6.82. The van der Waals surface area contributed by atoms with Crippen LogP contribution >= 0.6 is 0 Å². The van der Waals surface area contributed by atoms with Crippen LogP contribution in [0.2, 0.25) is 0 Å². The van der Waals surface area contributed by atoms with Crippen molar-refractivity contribution in [1.82, 2.24) is 9.55 Å². The molecule has 2 aromatic carbocycles. The van der Waals surface area contributed by atoms with Gasteiger partial charge in [0.15, 0.2) is 0 Å². The molecule has 0 radical (unpaired) electrons. The summed E-state index contributed by atoms with van der Waals surface area (Å²) in [4.78, 5) is 16.9. The first-order chi connectivity index (χ1) is 12.2. The highest BCUT2D eigenvalue weighted by molar-refractivity contribution is 5.98. The Kier molecular flexibility index (Phi) is 5.70. The molecule has 3 rings (SSSR count). The minimum Gasteiger partial charge on any atom is -0.295 e. The van der Waals surface area contributed by atoms with Crippen molar-refractivity contribution in [3.63, 3.8) is 0 Å². The van der Waals surface area contributed by atoms with Crippen LogP contribution in [0.1, 0.15) is 47.2 Å². The van der Waals surface area contributed by atoms with Crippen LogP contribution in [0.15, 0.2) is 23.0 Å². The van der Waals surface area contributed by atoms with E-state index in [-0.39, 0.29) is 5.69 Å². The van der Waals surface area contributed by atoms with Crippen molar-refractivity contribution < 1.29 is 0 Å². The van der Waals surface area contributed by atoms with Gasteiger partial charge < -0.3 is 0 Å². The SMILES string of the molecule is CC.Cc1ccc(-c2nc(=O)n(C)c3c(C)c(C)c(C)c(C)c23)cc1C. The highest BCUT2D eigenvalue weighted by atomic mass is 16.1. The van der Waals surface area contributed by atoms with E-state index in [0.29, 0.717) is 0 Å². The molecule has 0 saturated heterocycles. The molecule has 1 heterocycles. The van der Waals surface area contributed by atoms with E-state index < -0.39 is 0 Å². The van der Waals surface area contributed by atoms with E-state index in [4.69, 9.17) is 0 Å². The number of fused-ring (bicyclic) bond motifs is 1. The predicted octanol–water partition coefficient (Wildman–Crippen LogP) is 5.48. The maximum atomic E-state index is 12.5. The van der Waals surface area contributed by atoms with E-state index in [1.165, 1.54) is 27.8 Å². The molecule has 3 heteroatoms. The minimum atomic E-state index is -0.207. The molecule has 0 spiro atoms. The Balaban J connectivity index is 0.00000117. The Morgan fingerprint density at radius 1 is 0.808 bits per heavy atom. The monoisotopic (exact) mass is 350 g/mol. The third-order valence-corrected chi connectivity index (χ3v) is 5.50. The van der Waals surface area contributed by atoms with Gasteiger partial charge in [0.2, 0.25) is 0 Å². The summed E-state index contributed by atoms with van der Waals surface area (Å²) in [6.45, 7) is 16.7. The van der Waals surface area contributed by atoms with E-state index in [9.17, 15) is 4.79 Å². The van der Waals surface area contributed by atoms with Gasteiger partial charge in [-0.05, 0) is 81.0 Å². The zero-order valence-electron chi connectivity index (χ0n) is 17.5. The van der Waals surface area contributed by atoms with Crippen LogP contribution in [-0.2, 0) is 7.05 Å². The van der Waals surface area contributed by atoms with Crippen molar-refractivity contribution in [2.45, 2.75) is 55.4 Å². The average molecular weight is 351 g/mol. The quantitative estimate of drug-likeness (QED) is 0.583. The highest BCUT2D eigenvalue weighted by Crippen LogP contribution is 2.34. The first-order valence-electron chi connectivity index (χ1n) is 9.28. The average Bonchev–Trinajstić information content (AvgIpc) is 2.64. The van der Waals surface area contributed by atoms with Crippen LogP contribution in [0.25, 0.3) is 22.2 Å². The van der Waals surface area contributed by atoms with Crippen LogP contribution in [0.5, 0.6) is 0 Å². The number of benzene rings is 2. The lowest BCUT2D eigenvalue weighted by molar-refractivity contribution is 0.849. The molecular formula is C23H30N2O. The molecule has 3 aromatic rings. The van der Waals surface area contributed by atoms with Gasteiger partial charge in [-0.15, -0.1) is 0 Å². The number of rotatable bonds is 1. The molecule has 0 atom stereocenters. The van der Waals surface area contributed by atoms with E-state index >= 15 is 0 Å². The van der Waals surface area contributed by atoms with Crippen molar-refractivity contribution in [2.24, 2.45) is 7.05 Å². The Morgan fingerprint density at radius 2 is 1.38 bits per heavy atom. The standard InChI is InChI=1S/C21H24N2O.C2H6/c1-11-8-9-17(10-12(11)2)19-18-15(5)13(3)14(4)16(6)20(18)23(7)21(24)22-19;1-2/h8-10H,1-7H3;1-2H3. The molecule has 138 valence electrons. The fraction of sp³-hybridized carbons (Fsp3) is 0.391. The number of nitrogens with zero attached hydrogens (tertiary/aromatic N) is 2. The first kappa shape index (κ1) is 19.9. The third kappa shape index (κ3) is 3.07. The van der Waals surface area contributed by atoms with Crippen LogP contribution in [0.3, 0.4) is 0 Å². The van der Waals surface area contributed by atoms with Gasteiger partial charge in [-0.1, -0.05) is 26.0 Å². The first-order valence-corrected chi connectivity index (χ1v) is 9.28. The summed E-state index contributed by atoms with van der Waals surface area (Å²) in [7, 11) is 1.81. The number of aromatic nitrogens is 2. The van der Waals surface area contributed by atoms with Gasteiger partial charge in [-0.2, -0.15) is 4.98 Å². The summed E-state index contributed by atoms with van der Waals surface area (Å²) in [5, 5.41) is 1.08. The van der Waals surface area contributed by atoms with Crippen molar-refractivity contribution >= 4 is 10.9 Å². The number of hydrogen-bond acceptors (Lipinski definition) is 2. The lowest BCUT2D eigenvalue weighted by Crippen LogP contribution is -2.22. The van der Waals surface area contributed by atoms with Crippen molar-refractivity contribution in [2.75, 3.05) is 0 Å². The van der Waals surface area contributed by atoms with Gasteiger partial charge in [0.25, 0.3) is 0 Å². The summed E-state index contributed by atoms with van der Waals surface area (Å²) in [5.41, 5.74) is 9.90. The normalized spacial score (nSPS) is 10.7. The predicted molar refractivity (Wildman–Crippen MR) is 112 cm³/mol. The molecule has 0 aliphatic heterocycles. The van der Waals surface area contributed by atoms with Crippen LogP contribution in [0, 0.1) is 41.5 Å². The second kappa shape index (κ2) is 7.45. The summed E-state index contributed by atoms with van der Waals surface area (Å²) < 4.78 is 1.68. The van der Waals surface area contributed by atoms with Crippen molar-refractivity contribution in [3.05, 3.63) is 62.1 Å². The Labute approximate surface area is 156 Å². The molecule has 0 fully saturated rings. The maximum Gasteiger partial charge on any atom is 0.348 e.